The second kappa shape index (κ2) is 5.16. The molecule has 0 saturated heterocycles. The third-order valence-corrected chi connectivity index (χ3v) is 3.15. The van der Waals surface area contributed by atoms with Crippen LogP contribution in [0, 0.1) is 0 Å². The molecular weight excluding hydrogens is 268 g/mol. The number of carboxylic acids is 1. The van der Waals surface area contributed by atoms with Gasteiger partial charge in [0.2, 0.25) is 0 Å². The van der Waals surface area contributed by atoms with Gasteiger partial charge in [0, 0.05) is 19.4 Å². The third-order valence-electron chi connectivity index (χ3n) is 3.15. The smallest absolute Gasteiger partial charge is 0.335 e. The molecule has 104 valence electrons. The predicted molar refractivity (Wildman–Crippen MR) is 76.6 cm³/mol. The van der Waals surface area contributed by atoms with Crippen molar-refractivity contribution in [2.45, 2.75) is 0 Å². The van der Waals surface area contributed by atoms with Gasteiger partial charge in [0.1, 0.15) is 5.69 Å². The van der Waals surface area contributed by atoms with Gasteiger partial charge in [-0.25, -0.2) is 9.78 Å². The Hall–Kier alpha value is -3.02. The summed E-state index contributed by atoms with van der Waals surface area (Å²) in [6.07, 6.45) is 4.88. The van der Waals surface area contributed by atoms with Crippen molar-refractivity contribution in [2.24, 2.45) is 7.05 Å². The minimum absolute atomic E-state index is 0.183. The summed E-state index contributed by atoms with van der Waals surface area (Å²) in [6, 6.07) is 8.60. The summed E-state index contributed by atoms with van der Waals surface area (Å²) < 4.78 is 1.84. The van der Waals surface area contributed by atoms with Crippen molar-refractivity contribution in [3.63, 3.8) is 0 Å². The van der Waals surface area contributed by atoms with E-state index < -0.39 is 5.97 Å². The monoisotopic (exact) mass is 280 g/mol. The lowest BCUT2D eigenvalue weighted by molar-refractivity contribution is 0.0697. The molecular formula is C15H12N4O2. The molecule has 0 fully saturated rings. The topological polar surface area (TPSA) is 80.9 Å². The van der Waals surface area contributed by atoms with Gasteiger partial charge in [-0.15, -0.1) is 0 Å². The van der Waals surface area contributed by atoms with E-state index in [2.05, 4.69) is 15.0 Å². The Morgan fingerprint density at radius 2 is 1.90 bits per heavy atom. The average molecular weight is 280 g/mol. The van der Waals surface area contributed by atoms with Crippen molar-refractivity contribution in [1.82, 2.24) is 19.5 Å². The summed E-state index contributed by atoms with van der Waals surface area (Å²) in [7, 11) is 1.85. The Bertz CT molecular complexity index is 796. The standard InChI is InChI=1S/C15H12N4O2/c1-19-13(11-4-2-3-6-16-11)9-18-14(19)12-8-10(15(20)21)5-7-17-12/h2-9H,1H3,(H,20,21). The Balaban J connectivity index is 2.07. The summed E-state index contributed by atoms with van der Waals surface area (Å²) >= 11 is 0. The fourth-order valence-corrected chi connectivity index (χ4v) is 2.09. The van der Waals surface area contributed by atoms with Crippen LogP contribution in [0.25, 0.3) is 22.9 Å². The highest BCUT2D eigenvalue weighted by Gasteiger charge is 2.13. The van der Waals surface area contributed by atoms with Gasteiger partial charge in [0.05, 0.1) is 23.1 Å². The van der Waals surface area contributed by atoms with Gasteiger partial charge in [-0.2, -0.15) is 0 Å². The maximum absolute atomic E-state index is 11.0. The summed E-state index contributed by atoms with van der Waals surface area (Å²) in [5.41, 5.74) is 2.34. The fraction of sp³-hybridized carbons (Fsp3) is 0.0667. The Labute approximate surface area is 120 Å². The molecule has 3 aromatic rings. The predicted octanol–water partition coefficient (Wildman–Crippen LogP) is 2.24. The molecule has 0 aromatic carbocycles. The van der Waals surface area contributed by atoms with E-state index in [0.717, 1.165) is 11.4 Å². The molecule has 0 unspecified atom stereocenters. The number of aromatic carboxylic acids is 1. The van der Waals surface area contributed by atoms with Crippen molar-refractivity contribution in [2.75, 3.05) is 0 Å². The highest BCUT2D eigenvalue weighted by Crippen LogP contribution is 2.23. The van der Waals surface area contributed by atoms with Crippen molar-refractivity contribution >= 4 is 5.97 Å². The van der Waals surface area contributed by atoms with Crippen LogP contribution in [0.5, 0.6) is 0 Å². The highest BCUT2D eigenvalue weighted by molar-refractivity contribution is 5.88. The summed E-state index contributed by atoms with van der Waals surface area (Å²) in [5.74, 6) is -0.392. The van der Waals surface area contributed by atoms with Crippen molar-refractivity contribution in [1.29, 1.82) is 0 Å². The molecule has 3 rings (SSSR count). The number of hydrogen-bond donors (Lipinski definition) is 1. The number of carbonyl (C=O) groups is 1. The van der Waals surface area contributed by atoms with Crippen LogP contribution in [-0.4, -0.2) is 30.6 Å². The second-order valence-corrected chi connectivity index (χ2v) is 4.48. The Morgan fingerprint density at radius 3 is 2.62 bits per heavy atom. The van der Waals surface area contributed by atoms with E-state index in [1.165, 1.54) is 18.3 Å². The van der Waals surface area contributed by atoms with Gasteiger partial charge >= 0.3 is 5.97 Å². The molecule has 0 aliphatic rings. The summed E-state index contributed by atoms with van der Waals surface area (Å²) in [6.45, 7) is 0. The van der Waals surface area contributed by atoms with Crippen molar-refractivity contribution in [3.05, 3.63) is 54.5 Å². The Morgan fingerprint density at radius 1 is 1.10 bits per heavy atom. The number of nitrogens with zero attached hydrogens (tertiary/aromatic N) is 4. The lowest BCUT2D eigenvalue weighted by Gasteiger charge is -2.05. The molecule has 21 heavy (non-hydrogen) atoms. The van der Waals surface area contributed by atoms with Crippen LogP contribution in [-0.2, 0) is 7.05 Å². The Kier molecular flexibility index (Phi) is 3.19. The van der Waals surface area contributed by atoms with E-state index in [9.17, 15) is 4.79 Å². The van der Waals surface area contributed by atoms with Crippen molar-refractivity contribution in [3.8, 4) is 22.9 Å². The summed E-state index contributed by atoms with van der Waals surface area (Å²) in [4.78, 5) is 23.8. The minimum atomic E-state index is -0.988. The van der Waals surface area contributed by atoms with Crippen LogP contribution in [0.2, 0.25) is 0 Å². The highest BCUT2D eigenvalue weighted by atomic mass is 16.4. The first-order valence-electron chi connectivity index (χ1n) is 6.29. The largest absolute Gasteiger partial charge is 0.478 e. The van der Waals surface area contributed by atoms with E-state index in [4.69, 9.17) is 5.11 Å². The molecule has 0 saturated carbocycles. The number of rotatable bonds is 3. The van der Waals surface area contributed by atoms with Gasteiger partial charge in [0.25, 0.3) is 0 Å². The zero-order chi connectivity index (χ0) is 14.8. The van der Waals surface area contributed by atoms with E-state index in [1.807, 2.05) is 29.8 Å². The van der Waals surface area contributed by atoms with E-state index in [1.54, 1.807) is 12.4 Å². The SMILES string of the molecule is Cn1c(-c2ccccn2)cnc1-c1cc(C(=O)O)ccn1. The first kappa shape index (κ1) is 13.0. The van der Waals surface area contributed by atoms with Crippen LogP contribution in [0.3, 0.4) is 0 Å². The second-order valence-electron chi connectivity index (χ2n) is 4.48. The zero-order valence-corrected chi connectivity index (χ0v) is 11.3. The van der Waals surface area contributed by atoms with Crippen molar-refractivity contribution < 1.29 is 9.90 Å². The molecule has 0 bridgehead atoms. The average Bonchev–Trinajstić information content (AvgIpc) is 2.90. The maximum atomic E-state index is 11.0. The lowest BCUT2D eigenvalue weighted by atomic mass is 10.2. The van der Waals surface area contributed by atoms with Crippen LogP contribution in [0.15, 0.2) is 48.9 Å². The quantitative estimate of drug-likeness (QED) is 0.795. The molecule has 1 N–H and O–H groups in total. The first-order chi connectivity index (χ1) is 10.2. The number of imidazole rings is 1. The molecule has 0 amide bonds. The molecule has 0 radical (unpaired) electrons. The van der Waals surface area contributed by atoms with E-state index in [0.29, 0.717) is 11.5 Å². The van der Waals surface area contributed by atoms with Crippen LogP contribution in [0.1, 0.15) is 10.4 Å². The number of carboxylic acid groups (broad SMARTS) is 1. The van der Waals surface area contributed by atoms with Gasteiger partial charge in [-0.3, -0.25) is 9.97 Å². The lowest BCUT2D eigenvalue weighted by Crippen LogP contribution is -2.01. The molecule has 6 nitrogen and oxygen atoms in total. The first-order valence-corrected chi connectivity index (χ1v) is 6.29. The van der Waals surface area contributed by atoms with Gasteiger partial charge in [-0.1, -0.05) is 6.07 Å². The van der Waals surface area contributed by atoms with Gasteiger partial charge in [0.15, 0.2) is 5.82 Å². The molecule has 3 aromatic heterocycles. The molecule has 3 heterocycles. The molecule has 0 spiro atoms. The van der Waals surface area contributed by atoms with E-state index in [-0.39, 0.29) is 5.56 Å². The maximum Gasteiger partial charge on any atom is 0.335 e. The zero-order valence-electron chi connectivity index (χ0n) is 11.3. The number of hydrogen-bond acceptors (Lipinski definition) is 4. The molecule has 6 heteroatoms. The fourth-order valence-electron chi connectivity index (χ4n) is 2.09. The van der Waals surface area contributed by atoms with Gasteiger partial charge in [-0.05, 0) is 24.3 Å². The normalized spacial score (nSPS) is 10.5. The summed E-state index contributed by atoms with van der Waals surface area (Å²) in [5, 5.41) is 9.04. The molecule has 0 atom stereocenters. The molecule has 0 aliphatic heterocycles. The number of pyridine rings is 2. The van der Waals surface area contributed by atoms with Crippen LogP contribution in [0.4, 0.5) is 0 Å². The molecule has 0 aliphatic carbocycles. The number of aromatic nitrogens is 4. The minimum Gasteiger partial charge on any atom is -0.478 e. The van der Waals surface area contributed by atoms with E-state index >= 15 is 0 Å². The van der Waals surface area contributed by atoms with Crippen LogP contribution < -0.4 is 0 Å². The third kappa shape index (κ3) is 2.38. The van der Waals surface area contributed by atoms with Gasteiger partial charge < -0.3 is 9.67 Å². The van der Waals surface area contributed by atoms with Crippen LogP contribution >= 0.6 is 0 Å².